The van der Waals surface area contributed by atoms with Crippen molar-refractivity contribution in [3.63, 3.8) is 0 Å². The van der Waals surface area contributed by atoms with Gasteiger partial charge in [-0.15, -0.1) is 11.8 Å². The predicted molar refractivity (Wildman–Crippen MR) is 54.8 cm³/mol. The van der Waals surface area contributed by atoms with Crippen LogP contribution in [0.4, 0.5) is 4.39 Å². The molecule has 1 fully saturated rings. The van der Waals surface area contributed by atoms with Crippen LogP contribution in [0.5, 0.6) is 0 Å². The first-order valence-electron chi connectivity index (χ1n) is 4.52. The van der Waals surface area contributed by atoms with Gasteiger partial charge in [0.05, 0.1) is 18.5 Å². The Labute approximate surface area is 86.6 Å². The molecule has 1 aromatic carbocycles. The molecule has 4 heteroatoms. The van der Waals surface area contributed by atoms with Crippen LogP contribution in [0.1, 0.15) is 5.56 Å². The minimum absolute atomic E-state index is 0.176. The van der Waals surface area contributed by atoms with Crippen molar-refractivity contribution in [1.29, 1.82) is 0 Å². The van der Waals surface area contributed by atoms with Crippen LogP contribution >= 0.6 is 11.8 Å². The van der Waals surface area contributed by atoms with Gasteiger partial charge in [0.1, 0.15) is 5.82 Å². The summed E-state index contributed by atoms with van der Waals surface area (Å²) in [6.45, 7) is 1.83. The second-order valence-electron chi connectivity index (χ2n) is 3.25. The summed E-state index contributed by atoms with van der Waals surface area (Å²) >= 11 is 1.54. The molecule has 0 bridgehead atoms. The van der Waals surface area contributed by atoms with Crippen LogP contribution in [-0.2, 0) is 11.3 Å². The van der Waals surface area contributed by atoms with Gasteiger partial charge in [0, 0.05) is 11.4 Å². The van der Waals surface area contributed by atoms with Crippen molar-refractivity contribution in [1.82, 2.24) is 0 Å². The third-order valence-electron chi connectivity index (χ3n) is 2.13. The number of nitrogens with two attached hydrogens (primary N) is 1. The molecule has 0 amide bonds. The maximum absolute atomic E-state index is 13.4. The summed E-state index contributed by atoms with van der Waals surface area (Å²) < 4.78 is 18.5. The number of rotatable bonds is 3. The molecule has 1 aliphatic rings. The smallest absolute Gasteiger partial charge is 0.137 e. The van der Waals surface area contributed by atoms with Crippen molar-refractivity contribution < 1.29 is 9.13 Å². The molecule has 76 valence electrons. The highest BCUT2D eigenvalue weighted by molar-refractivity contribution is 8.00. The second kappa shape index (κ2) is 4.29. The quantitative estimate of drug-likeness (QED) is 0.831. The van der Waals surface area contributed by atoms with Crippen molar-refractivity contribution in [2.24, 2.45) is 5.73 Å². The van der Waals surface area contributed by atoms with E-state index in [9.17, 15) is 4.39 Å². The molecule has 0 aliphatic carbocycles. The van der Waals surface area contributed by atoms with Gasteiger partial charge in [0.25, 0.3) is 0 Å². The second-order valence-corrected chi connectivity index (χ2v) is 4.59. The summed E-state index contributed by atoms with van der Waals surface area (Å²) in [5.41, 5.74) is 6.24. The molecular weight excluding hydrogens is 201 g/mol. The molecule has 2 nitrogen and oxygen atoms in total. The topological polar surface area (TPSA) is 35.2 Å². The van der Waals surface area contributed by atoms with Gasteiger partial charge in [-0.2, -0.15) is 0 Å². The average molecular weight is 213 g/mol. The van der Waals surface area contributed by atoms with Crippen LogP contribution in [0, 0.1) is 5.82 Å². The van der Waals surface area contributed by atoms with Crippen LogP contribution in [-0.4, -0.2) is 18.5 Å². The van der Waals surface area contributed by atoms with E-state index in [2.05, 4.69) is 0 Å². The molecule has 0 saturated carbocycles. The first kappa shape index (κ1) is 9.96. The van der Waals surface area contributed by atoms with E-state index in [-0.39, 0.29) is 5.82 Å². The van der Waals surface area contributed by atoms with Gasteiger partial charge in [0.15, 0.2) is 0 Å². The third kappa shape index (κ3) is 2.08. The minimum atomic E-state index is -0.176. The maximum atomic E-state index is 13.4. The van der Waals surface area contributed by atoms with E-state index in [0.29, 0.717) is 16.7 Å². The Hall–Kier alpha value is -0.580. The summed E-state index contributed by atoms with van der Waals surface area (Å²) in [6, 6.07) is 5.16. The highest BCUT2D eigenvalue weighted by atomic mass is 32.2. The molecule has 0 unspecified atom stereocenters. The molecule has 2 N–H and O–H groups in total. The van der Waals surface area contributed by atoms with Crippen LogP contribution in [0.3, 0.4) is 0 Å². The monoisotopic (exact) mass is 213 g/mol. The minimum Gasteiger partial charge on any atom is -0.379 e. The van der Waals surface area contributed by atoms with Crippen LogP contribution in [0.15, 0.2) is 23.1 Å². The van der Waals surface area contributed by atoms with Gasteiger partial charge in [-0.25, -0.2) is 4.39 Å². The summed E-state index contributed by atoms with van der Waals surface area (Å²) in [5, 5.41) is 0.410. The Morgan fingerprint density at radius 2 is 2.29 bits per heavy atom. The Kier molecular flexibility index (Phi) is 3.05. The summed E-state index contributed by atoms with van der Waals surface area (Å²) in [7, 11) is 0. The lowest BCUT2D eigenvalue weighted by Gasteiger charge is -2.25. The van der Waals surface area contributed by atoms with E-state index >= 15 is 0 Å². The average Bonchev–Trinajstić information content (AvgIpc) is 2.13. The fourth-order valence-electron chi connectivity index (χ4n) is 1.23. The van der Waals surface area contributed by atoms with Gasteiger partial charge >= 0.3 is 0 Å². The lowest BCUT2D eigenvalue weighted by atomic mass is 10.2. The zero-order valence-electron chi connectivity index (χ0n) is 7.70. The first-order valence-corrected chi connectivity index (χ1v) is 5.40. The van der Waals surface area contributed by atoms with Crippen molar-refractivity contribution >= 4 is 11.8 Å². The number of hydrogen-bond acceptors (Lipinski definition) is 3. The van der Waals surface area contributed by atoms with Crippen LogP contribution in [0.2, 0.25) is 0 Å². The molecule has 0 spiro atoms. The fraction of sp³-hybridized carbons (Fsp3) is 0.400. The molecule has 1 aliphatic heterocycles. The summed E-state index contributed by atoms with van der Waals surface area (Å²) in [5.74, 6) is -0.176. The highest BCUT2D eigenvalue weighted by Crippen LogP contribution is 2.30. The number of hydrogen-bond donors (Lipinski definition) is 1. The van der Waals surface area contributed by atoms with Crippen molar-refractivity contribution in [2.75, 3.05) is 13.2 Å². The van der Waals surface area contributed by atoms with Crippen molar-refractivity contribution in [3.05, 3.63) is 29.6 Å². The molecule has 1 heterocycles. The molecule has 1 saturated heterocycles. The Morgan fingerprint density at radius 1 is 1.50 bits per heavy atom. The number of ether oxygens (including phenoxy) is 1. The van der Waals surface area contributed by atoms with Gasteiger partial charge in [-0.1, -0.05) is 6.07 Å². The lowest BCUT2D eigenvalue weighted by molar-refractivity contribution is 0.0455. The molecule has 1 aromatic rings. The zero-order valence-corrected chi connectivity index (χ0v) is 8.52. The fourth-order valence-corrected chi connectivity index (χ4v) is 2.23. The van der Waals surface area contributed by atoms with Crippen LogP contribution < -0.4 is 5.73 Å². The Morgan fingerprint density at radius 3 is 2.79 bits per heavy atom. The SMILES string of the molecule is NCc1ccc(SC2COC2)c(F)c1. The van der Waals surface area contributed by atoms with Crippen molar-refractivity contribution in [3.8, 4) is 0 Å². The van der Waals surface area contributed by atoms with Gasteiger partial charge in [0.2, 0.25) is 0 Å². The van der Waals surface area contributed by atoms with E-state index in [1.807, 2.05) is 6.07 Å². The third-order valence-corrected chi connectivity index (χ3v) is 3.32. The molecule has 0 atom stereocenters. The van der Waals surface area contributed by atoms with E-state index in [4.69, 9.17) is 10.5 Å². The standard InChI is InChI=1S/C10H12FNOS/c11-9-3-7(4-12)1-2-10(9)14-8-5-13-6-8/h1-3,8H,4-6,12H2. The molecule has 0 aromatic heterocycles. The van der Waals surface area contributed by atoms with E-state index < -0.39 is 0 Å². The van der Waals surface area contributed by atoms with E-state index in [0.717, 1.165) is 18.8 Å². The summed E-state index contributed by atoms with van der Waals surface area (Å²) in [4.78, 5) is 0.690. The zero-order chi connectivity index (χ0) is 9.97. The maximum Gasteiger partial charge on any atom is 0.137 e. The molecular formula is C10H12FNOS. The van der Waals surface area contributed by atoms with Crippen molar-refractivity contribution in [2.45, 2.75) is 16.7 Å². The van der Waals surface area contributed by atoms with Gasteiger partial charge in [-0.05, 0) is 17.7 Å². The molecule has 14 heavy (non-hydrogen) atoms. The first-order chi connectivity index (χ1) is 6.79. The van der Waals surface area contributed by atoms with Gasteiger partial charge in [-0.3, -0.25) is 0 Å². The van der Waals surface area contributed by atoms with E-state index in [1.165, 1.54) is 17.8 Å². The Balaban J connectivity index is 2.09. The molecule has 2 rings (SSSR count). The number of thioether (sulfide) groups is 1. The number of benzene rings is 1. The lowest BCUT2D eigenvalue weighted by Crippen LogP contribution is -2.30. The number of halogens is 1. The predicted octanol–water partition coefficient (Wildman–Crippen LogP) is 1.78. The largest absolute Gasteiger partial charge is 0.379 e. The van der Waals surface area contributed by atoms with Crippen LogP contribution in [0.25, 0.3) is 0 Å². The van der Waals surface area contributed by atoms with Gasteiger partial charge < -0.3 is 10.5 Å². The highest BCUT2D eigenvalue weighted by Gasteiger charge is 2.20. The van der Waals surface area contributed by atoms with E-state index in [1.54, 1.807) is 6.07 Å². The normalized spacial score (nSPS) is 16.7. The summed E-state index contributed by atoms with van der Waals surface area (Å²) in [6.07, 6.45) is 0. The Bertz CT molecular complexity index is 328. The molecule has 0 radical (unpaired) electrons.